The van der Waals surface area contributed by atoms with E-state index >= 15 is 0 Å². The summed E-state index contributed by atoms with van der Waals surface area (Å²) in [6, 6.07) is 21.4. The van der Waals surface area contributed by atoms with Gasteiger partial charge in [-0.3, -0.25) is 13.9 Å². The van der Waals surface area contributed by atoms with Crippen LogP contribution in [0, 0.1) is 0 Å². The molecule has 0 saturated carbocycles. The number of carbonyl (C=O) groups excluding carboxylic acids is 2. The monoisotopic (exact) mass is 583 g/mol. The van der Waals surface area contributed by atoms with Crippen molar-refractivity contribution in [3.8, 4) is 0 Å². The molecule has 0 aromatic heterocycles. The second-order valence-electron chi connectivity index (χ2n) is 9.66. The van der Waals surface area contributed by atoms with Crippen LogP contribution in [0.1, 0.15) is 51.7 Å². The number of anilines is 1. The highest BCUT2D eigenvalue weighted by Gasteiger charge is 2.34. The predicted octanol–water partition coefficient (Wildman–Crippen LogP) is 5.82. The Hall–Kier alpha value is -3.36. The Labute approximate surface area is 243 Å². The minimum Gasteiger partial charge on any atom is -0.352 e. The molecule has 3 aromatic rings. The van der Waals surface area contributed by atoms with Crippen LogP contribution >= 0.6 is 11.6 Å². The first-order valence-electron chi connectivity index (χ1n) is 13.6. The van der Waals surface area contributed by atoms with Crippen molar-refractivity contribution in [3.05, 3.63) is 95.0 Å². The normalized spacial score (nSPS) is 12.8. The van der Waals surface area contributed by atoms with Gasteiger partial charge in [0.15, 0.2) is 0 Å². The van der Waals surface area contributed by atoms with Crippen LogP contribution in [0.3, 0.4) is 0 Å². The van der Waals surface area contributed by atoms with Gasteiger partial charge in [-0.25, -0.2) is 8.42 Å². The van der Waals surface area contributed by atoms with Crippen LogP contribution in [0.2, 0.25) is 5.02 Å². The average molecular weight is 584 g/mol. The number of amides is 2. The van der Waals surface area contributed by atoms with Crippen molar-refractivity contribution in [1.82, 2.24) is 10.2 Å². The standard InChI is InChI=1S/C31H38ClN3O4S/c1-5-23(4)33-31(37)28(7-3)34(21-25-16-11-13-19-27(25)32)30(36)22-35(29-20-14-12-15-24(29)6-2)40(38,39)26-17-9-8-10-18-26/h8-20,23,28H,5-7,21-22H2,1-4H3,(H,33,37)/t23-,28-/m0/s1. The van der Waals surface area contributed by atoms with Crippen LogP contribution in [-0.2, 0) is 32.6 Å². The maximum atomic E-state index is 14.2. The zero-order chi connectivity index (χ0) is 29.3. The molecule has 3 rings (SSSR count). The lowest BCUT2D eigenvalue weighted by molar-refractivity contribution is -0.140. The van der Waals surface area contributed by atoms with Crippen LogP contribution in [0.4, 0.5) is 5.69 Å². The first-order valence-corrected chi connectivity index (χ1v) is 15.4. The number of rotatable bonds is 13. The molecule has 0 heterocycles. The Morgan fingerprint density at radius 2 is 1.45 bits per heavy atom. The van der Waals surface area contributed by atoms with Crippen molar-refractivity contribution >= 4 is 39.1 Å². The van der Waals surface area contributed by atoms with Gasteiger partial charge in [-0.2, -0.15) is 0 Å². The quantitative estimate of drug-likeness (QED) is 0.275. The molecule has 0 aliphatic rings. The van der Waals surface area contributed by atoms with Gasteiger partial charge >= 0.3 is 0 Å². The predicted molar refractivity (Wildman–Crippen MR) is 161 cm³/mol. The van der Waals surface area contributed by atoms with E-state index < -0.39 is 28.5 Å². The molecular weight excluding hydrogens is 546 g/mol. The first-order chi connectivity index (χ1) is 19.1. The highest BCUT2D eigenvalue weighted by atomic mass is 35.5. The number of hydrogen-bond donors (Lipinski definition) is 1. The smallest absolute Gasteiger partial charge is 0.264 e. The second kappa shape index (κ2) is 14.3. The molecule has 214 valence electrons. The molecule has 3 aromatic carbocycles. The summed E-state index contributed by atoms with van der Waals surface area (Å²) >= 11 is 6.46. The number of halogens is 1. The zero-order valence-corrected chi connectivity index (χ0v) is 25.1. The average Bonchev–Trinajstić information content (AvgIpc) is 2.96. The number of nitrogens with zero attached hydrogens (tertiary/aromatic N) is 2. The Morgan fingerprint density at radius 3 is 2.05 bits per heavy atom. The van der Waals surface area contributed by atoms with Crippen LogP contribution in [0.15, 0.2) is 83.8 Å². The highest BCUT2D eigenvalue weighted by Crippen LogP contribution is 2.28. The summed E-state index contributed by atoms with van der Waals surface area (Å²) < 4.78 is 29.1. The highest BCUT2D eigenvalue weighted by molar-refractivity contribution is 7.92. The lowest BCUT2D eigenvalue weighted by Crippen LogP contribution is -2.53. The molecule has 0 fully saturated rings. The fourth-order valence-corrected chi connectivity index (χ4v) is 6.13. The van der Waals surface area contributed by atoms with E-state index in [0.717, 1.165) is 16.3 Å². The Kier molecular flexibility index (Phi) is 11.2. The second-order valence-corrected chi connectivity index (χ2v) is 11.9. The number of nitrogens with one attached hydrogen (secondary N) is 1. The molecule has 0 aliphatic carbocycles. The van der Waals surface area contributed by atoms with E-state index in [-0.39, 0.29) is 23.4 Å². The van der Waals surface area contributed by atoms with E-state index in [4.69, 9.17) is 11.6 Å². The van der Waals surface area contributed by atoms with E-state index in [1.54, 1.807) is 48.5 Å². The van der Waals surface area contributed by atoms with Gasteiger partial charge in [0.05, 0.1) is 10.6 Å². The first kappa shape index (κ1) is 31.2. The molecule has 0 spiro atoms. The van der Waals surface area contributed by atoms with E-state index in [1.165, 1.54) is 17.0 Å². The molecule has 2 amide bonds. The van der Waals surface area contributed by atoms with Crippen LogP contribution < -0.4 is 9.62 Å². The molecular formula is C31H38ClN3O4S. The van der Waals surface area contributed by atoms with Gasteiger partial charge in [0.2, 0.25) is 11.8 Å². The van der Waals surface area contributed by atoms with Gasteiger partial charge in [-0.1, -0.05) is 87.0 Å². The SMILES string of the molecule is CCc1ccccc1N(CC(=O)N(Cc1ccccc1Cl)[C@@H](CC)C(=O)N[C@@H](C)CC)S(=O)(=O)c1ccccc1. The summed E-state index contributed by atoms with van der Waals surface area (Å²) in [4.78, 5) is 29.1. The molecule has 0 saturated heterocycles. The van der Waals surface area contributed by atoms with Gasteiger partial charge in [0.25, 0.3) is 10.0 Å². The molecule has 0 bridgehead atoms. The minimum atomic E-state index is -4.11. The molecule has 0 unspecified atom stereocenters. The summed E-state index contributed by atoms with van der Waals surface area (Å²) in [7, 11) is -4.11. The number of sulfonamides is 1. The summed E-state index contributed by atoms with van der Waals surface area (Å²) in [6.07, 6.45) is 1.65. The van der Waals surface area contributed by atoms with Gasteiger partial charge in [-0.15, -0.1) is 0 Å². The van der Waals surface area contributed by atoms with Gasteiger partial charge in [0.1, 0.15) is 12.6 Å². The van der Waals surface area contributed by atoms with Crippen molar-refractivity contribution in [2.75, 3.05) is 10.8 Å². The molecule has 2 atom stereocenters. The lowest BCUT2D eigenvalue weighted by Gasteiger charge is -2.34. The summed E-state index contributed by atoms with van der Waals surface area (Å²) in [5.41, 5.74) is 1.88. The minimum absolute atomic E-state index is 0.0551. The molecule has 40 heavy (non-hydrogen) atoms. The topological polar surface area (TPSA) is 86.8 Å². The van der Waals surface area contributed by atoms with Crippen molar-refractivity contribution < 1.29 is 18.0 Å². The summed E-state index contributed by atoms with van der Waals surface area (Å²) in [5.74, 6) is -0.792. The van der Waals surface area contributed by atoms with Crippen LogP contribution in [-0.4, -0.2) is 43.8 Å². The summed E-state index contributed by atoms with van der Waals surface area (Å²) in [6.45, 7) is 7.21. The number of hydrogen-bond acceptors (Lipinski definition) is 4. The zero-order valence-electron chi connectivity index (χ0n) is 23.5. The number of para-hydroxylation sites is 1. The third-order valence-electron chi connectivity index (χ3n) is 6.94. The molecule has 9 heteroatoms. The third-order valence-corrected chi connectivity index (χ3v) is 9.08. The molecule has 0 radical (unpaired) electrons. The number of benzene rings is 3. The Balaban J connectivity index is 2.10. The lowest BCUT2D eigenvalue weighted by atomic mass is 10.1. The largest absolute Gasteiger partial charge is 0.352 e. The summed E-state index contributed by atoms with van der Waals surface area (Å²) in [5, 5.41) is 3.44. The van der Waals surface area contributed by atoms with Crippen molar-refractivity contribution in [3.63, 3.8) is 0 Å². The third kappa shape index (κ3) is 7.43. The van der Waals surface area contributed by atoms with Gasteiger partial charge in [-0.05, 0) is 61.6 Å². The Bertz CT molecular complexity index is 1400. The molecule has 7 nitrogen and oxygen atoms in total. The van der Waals surface area contributed by atoms with Gasteiger partial charge < -0.3 is 10.2 Å². The van der Waals surface area contributed by atoms with Gasteiger partial charge in [0, 0.05) is 17.6 Å². The van der Waals surface area contributed by atoms with E-state index in [0.29, 0.717) is 29.1 Å². The maximum absolute atomic E-state index is 14.2. The fourth-order valence-electron chi connectivity index (χ4n) is 4.46. The van der Waals surface area contributed by atoms with E-state index in [2.05, 4.69) is 5.32 Å². The Morgan fingerprint density at radius 1 is 0.850 bits per heavy atom. The number of carbonyl (C=O) groups is 2. The van der Waals surface area contributed by atoms with Crippen LogP contribution in [0.5, 0.6) is 0 Å². The van der Waals surface area contributed by atoms with Crippen molar-refractivity contribution in [2.24, 2.45) is 0 Å². The van der Waals surface area contributed by atoms with Crippen molar-refractivity contribution in [2.45, 2.75) is 70.5 Å². The fraction of sp³-hybridized carbons (Fsp3) is 0.355. The van der Waals surface area contributed by atoms with Crippen molar-refractivity contribution in [1.29, 1.82) is 0 Å². The molecule has 1 N–H and O–H groups in total. The van der Waals surface area contributed by atoms with E-state index in [1.807, 2.05) is 45.9 Å². The molecule has 0 aliphatic heterocycles. The van der Waals surface area contributed by atoms with E-state index in [9.17, 15) is 18.0 Å². The maximum Gasteiger partial charge on any atom is 0.264 e. The number of aryl methyl sites for hydroxylation is 1. The van der Waals surface area contributed by atoms with Crippen LogP contribution in [0.25, 0.3) is 0 Å².